The molecule has 0 radical (unpaired) electrons. The van der Waals surface area contributed by atoms with E-state index in [0.29, 0.717) is 12.8 Å². The molecule has 0 fully saturated rings. The van der Waals surface area contributed by atoms with Crippen molar-refractivity contribution in [3.63, 3.8) is 0 Å². The Kier molecular flexibility index (Phi) is 8.64. The standard InChI is InChI=1S/C9H11NO2.C6H10O3/c10-8(9(11)12)6-7-4-2-1-3-5-7;1-3-5(4(2)7)6(8)9/h1-5,8H,6,10H2,(H,11,12);5H,3H2,1-2H3,(H,8,9). The van der Waals surface area contributed by atoms with Crippen LogP contribution in [0.15, 0.2) is 30.3 Å². The molecule has 1 aromatic carbocycles. The lowest BCUT2D eigenvalue weighted by atomic mass is 10.0. The predicted molar refractivity (Wildman–Crippen MR) is 77.9 cm³/mol. The van der Waals surface area contributed by atoms with Gasteiger partial charge in [0.2, 0.25) is 0 Å². The van der Waals surface area contributed by atoms with Gasteiger partial charge in [0.05, 0.1) is 0 Å². The molecule has 21 heavy (non-hydrogen) atoms. The monoisotopic (exact) mass is 295 g/mol. The molecule has 0 saturated heterocycles. The average Bonchev–Trinajstić information content (AvgIpc) is 2.40. The van der Waals surface area contributed by atoms with Gasteiger partial charge in [0.1, 0.15) is 17.7 Å². The van der Waals surface area contributed by atoms with Gasteiger partial charge in [-0.25, -0.2) is 0 Å². The van der Waals surface area contributed by atoms with Crippen molar-refractivity contribution in [2.24, 2.45) is 11.7 Å². The molecule has 6 heteroatoms. The maximum absolute atomic E-state index is 10.4. The summed E-state index contributed by atoms with van der Waals surface area (Å²) in [6, 6.07) is 8.54. The molecule has 0 amide bonds. The number of aliphatic carboxylic acids is 2. The predicted octanol–water partition coefficient (Wildman–Crippen LogP) is 1.33. The van der Waals surface area contributed by atoms with Crippen molar-refractivity contribution in [1.82, 2.24) is 0 Å². The Labute approximate surface area is 123 Å². The van der Waals surface area contributed by atoms with Gasteiger partial charge in [0, 0.05) is 0 Å². The van der Waals surface area contributed by atoms with Crippen LogP contribution in [0.1, 0.15) is 25.8 Å². The molecule has 0 saturated carbocycles. The first kappa shape index (κ1) is 18.8. The second-order valence-electron chi connectivity index (χ2n) is 4.54. The van der Waals surface area contributed by atoms with Gasteiger partial charge in [0.15, 0.2) is 0 Å². The van der Waals surface area contributed by atoms with Crippen molar-refractivity contribution in [1.29, 1.82) is 0 Å². The summed E-state index contributed by atoms with van der Waals surface area (Å²) in [5, 5.41) is 16.8. The first-order chi connectivity index (χ1) is 9.79. The lowest BCUT2D eigenvalue weighted by Gasteiger charge is -2.04. The van der Waals surface area contributed by atoms with Crippen molar-refractivity contribution >= 4 is 17.7 Å². The number of nitrogens with two attached hydrogens (primary N) is 1. The SMILES string of the molecule is CCC(C(C)=O)C(=O)O.NC(Cc1ccccc1)C(=O)O. The number of ketones is 1. The van der Waals surface area contributed by atoms with E-state index in [0.717, 1.165) is 5.56 Å². The zero-order valence-corrected chi connectivity index (χ0v) is 12.2. The van der Waals surface area contributed by atoms with Gasteiger partial charge in [-0.15, -0.1) is 0 Å². The fraction of sp³-hybridized carbons (Fsp3) is 0.400. The Morgan fingerprint density at radius 2 is 1.62 bits per heavy atom. The van der Waals surface area contributed by atoms with Crippen LogP contribution >= 0.6 is 0 Å². The van der Waals surface area contributed by atoms with Gasteiger partial charge < -0.3 is 15.9 Å². The van der Waals surface area contributed by atoms with E-state index in [1.54, 1.807) is 6.92 Å². The fourth-order valence-corrected chi connectivity index (χ4v) is 1.59. The van der Waals surface area contributed by atoms with Crippen molar-refractivity contribution < 1.29 is 24.6 Å². The first-order valence-electron chi connectivity index (χ1n) is 6.55. The molecule has 0 aromatic heterocycles. The van der Waals surface area contributed by atoms with E-state index in [1.807, 2.05) is 30.3 Å². The van der Waals surface area contributed by atoms with Gasteiger partial charge in [-0.2, -0.15) is 0 Å². The second-order valence-corrected chi connectivity index (χ2v) is 4.54. The number of carbonyl (C=O) groups is 3. The lowest BCUT2D eigenvalue weighted by molar-refractivity contribution is -0.146. The Balaban J connectivity index is 0.000000400. The van der Waals surface area contributed by atoms with Gasteiger partial charge in [0.25, 0.3) is 0 Å². The molecule has 0 heterocycles. The molecule has 6 nitrogen and oxygen atoms in total. The van der Waals surface area contributed by atoms with Crippen molar-refractivity contribution in [3.05, 3.63) is 35.9 Å². The molecule has 4 N–H and O–H groups in total. The summed E-state index contributed by atoms with van der Waals surface area (Å²) in [7, 11) is 0. The number of carboxylic acids is 2. The quantitative estimate of drug-likeness (QED) is 0.681. The third-order valence-corrected chi connectivity index (χ3v) is 2.81. The zero-order chi connectivity index (χ0) is 16.4. The molecule has 2 atom stereocenters. The van der Waals surface area contributed by atoms with Crippen LogP contribution in [0.25, 0.3) is 0 Å². The first-order valence-corrected chi connectivity index (χ1v) is 6.55. The summed E-state index contributed by atoms with van der Waals surface area (Å²) in [6.45, 7) is 2.97. The minimum Gasteiger partial charge on any atom is -0.481 e. The van der Waals surface area contributed by atoms with Crippen LogP contribution in [-0.4, -0.2) is 34.0 Å². The summed E-state index contributed by atoms with van der Waals surface area (Å²) in [5.74, 6) is -3.06. The Bertz CT molecular complexity index is 458. The minimum absolute atomic E-state index is 0.273. The van der Waals surface area contributed by atoms with Crippen LogP contribution in [0, 0.1) is 5.92 Å². The van der Waals surface area contributed by atoms with E-state index >= 15 is 0 Å². The summed E-state index contributed by atoms with van der Waals surface area (Å²) >= 11 is 0. The number of Topliss-reactive ketones (excluding diaryl/α,β-unsaturated/α-hetero) is 1. The largest absolute Gasteiger partial charge is 0.481 e. The zero-order valence-electron chi connectivity index (χ0n) is 12.2. The van der Waals surface area contributed by atoms with E-state index in [-0.39, 0.29) is 5.78 Å². The van der Waals surface area contributed by atoms with Crippen LogP contribution in [0.3, 0.4) is 0 Å². The topological polar surface area (TPSA) is 118 Å². The molecular weight excluding hydrogens is 274 g/mol. The van der Waals surface area contributed by atoms with Crippen LogP contribution in [0.4, 0.5) is 0 Å². The number of rotatable bonds is 6. The van der Waals surface area contributed by atoms with Gasteiger partial charge >= 0.3 is 11.9 Å². The van der Waals surface area contributed by atoms with Crippen LogP contribution in [0.5, 0.6) is 0 Å². The number of carbonyl (C=O) groups excluding carboxylic acids is 1. The van der Waals surface area contributed by atoms with Crippen molar-refractivity contribution in [2.45, 2.75) is 32.7 Å². The van der Waals surface area contributed by atoms with Gasteiger partial charge in [-0.3, -0.25) is 14.4 Å². The number of hydrogen-bond donors (Lipinski definition) is 3. The summed E-state index contributed by atoms with van der Waals surface area (Å²) in [6.07, 6.45) is 0.765. The minimum atomic E-state index is -1.02. The van der Waals surface area contributed by atoms with E-state index in [9.17, 15) is 14.4 Å². The molecule has 0 aliphatic rings. The van der Waals surface area contributed by atoms with Gasteiger partial charge in [-0.05, 0) is 25.3 Å². The fourth-order valence-electron chi connectivity index (χ4n) is 1.59. The highest BCUT2D eigenvalue weighted by Crippen LogP contribution is 2.02. The smallest absolute Gasteiger partial charge is 0.320 e. The summed E-state index contributed by atoms with van der Waals surface area (Å²) in [4.78, 5) is 31.0. The molecule has 2 unspecified atom stereocenters. The average molecular weight is 295 g/mol. The molecule has 1 aromatic rings. The normalized spacial score (nSPS) is 12.5. The molecule has 0 bridgehead atoms. The van der Waals surface area contributed by atoms with E-state index in [1.165, 1.54) is 6.92 Å². The van der Waals surface area contributed by atoms with Crippen LogP contribution in [0.2, 0.25) is 0 Å². The van der Waals surface area contributed by atoms with Crippen molar-refractivity contribution in [2.75, 3.05) is 0 Å². The highest BCUT2D eigenvalue weighted by atomic mass is 16.4. The van der Waals surface area contributed by atoms with Crippen LogP contribution < -0.4 is 5.73 Å². The van der Waals surface area contributed by atoms with E-state index in [2.05, 4.69) is 0 Å². The molecule has 0 spiro atoms. The lowest BCUT2D eigenvalue weighted by Crippen LogP contribution is -2.32. The number of hydrogen-bond acceptors (Lipinski definition) is 4. The van der Waals surface area contributed by atoms with Gasteiger partial charge in [-0.1, -0.05) is 37.3 Å². The van der Waals surface area contributed by atoms with Crippen molar-refractivity contribution in [3.8, 4) is 0 Å². The Hall–Kier alpha value is -2.21. The molecule has 0 aliphatic carbocycles. The summed E-state index contributed by atoms with van der Waals surface area (Å²) < 4.78 is 0. The maximum atomic E-state index is 10.4. The third kappa shape index (κ3) is 7.84. The Morgan fingerprint density at radius 1 is 1.10 bits per heavy atom. The van der Waals surface area contributed by atoms with E-state index < -0.39 is 23.9 Å². The molecule has 1 rings (SSSR count). The molecule has 0 aliphatic heterocycles. The van der Waals surface area contributed by atoms with E-state index in [4.69, 9.17) is 15.9 Å². The highest BCUT2D eigenvalue weighted by molar-refractivity contribution is 5.96. The Morgan fingerprint density at radius 3 is 1.90 bits per heavy atom. The maximum Gasteiger partial charge on any atom is 0.320 e. The second kappa shape index (κ2) is 9.66. The van der Waals surface area contributed by atoms with Crippen LogP contribution in [-0.2, 0) is 20.8 Å². The molecular formula is C15H21NO5. The molecule has 116 valence electrons. The summed E-state index contributed by atoms with van der Waals surface area (Å²) in [5.41, 5.74) is 6.30. The number of benzene rings is 1. The third-order valence-electron chi connectivity index (χ3n) is 2.81. The number of carboxylic acid groups (broad SMARTS) is 2. The highest BCUT2D eigenvalue weighted by Gasteiger charge is 2.19.